The van der Waals surface area contributed by atoms with Crippen LogP contribution in [0.15, 0.2) is 28.8 Å². The van der Waals surface area contributed by atoms with E-state index >= 15 is 0 Å². The molecule has 0 saturated carbocycles. The van der Waals surface area contributed by atoms with Crippen molar-refractivity contribution in [2.75, 3.05) is 6.54 Å². The summed E-state index contributed by atoms with van der Waals surface area (Å²) < 4.78 is 5.20. The normalized spacial score (nSPS) is 12.6. The fraction of sp³-hybridized carbons (Fsp3) is 0.385. The van der Waals surface area contributed by atoms with E-state index in [0.29, 0.717) is 18.0 Å². The predicted octanol–water partition coefficient (Wildman–Crippen LogP) is 2.34. The molecule has 1 aromatic heterocycles. The molecule has 20 heavy (non-hydrogen) atoms. The third-order valence-electron chi connectivity index (χ3n) is 3.16. The van der Waals surface area contributed by atoms with Crippen LogP contribution in [0.1, 0.15) is 25.7 Å². The molecule has 0 aliphatic rings. The van der Waals surface area contributed by atoms with Crippen molar-refractivity contribution in [2.24, 2.45) is 11.7 Å². The quantitative estimate of drug-likeness (QED) is 0.663. The van der Waals surface area contributed by atoms with Gasteiger partial charge in [-0.3, -0.25) is 10.1 Å². The molecule has 0 aliphatic heterocycles. The number of hydrogen-bond donors (Lipinski definition) is 1. The zero-order valence-corrected chi connectivity index (χ0v) is 11.3. The lowest BCUT2D eigenvalue weighted by molar-refractivity contribution is -0.384. The van der Waals surface area contributed by atoms with E-state index in [4.69, 9.17) is 10.3 Å². The van der Waals surface area contributed by atoms with Gasteiger partial charge in [-0.2, -0.15) is 4.98 Å². The minimum absolute atomic E-state index is 0.0475. The summed E-state index contributed by atoms with van der Waals surface area (Å²) in [6, 6.07) is 6.30. The molecule has 1 aromatic carbocycles. The van der Waals surface area contributed by atoms with E-state index < -0.39 is 4.92 Å². The molecular formula is C13H16N4O3. The Morgan fingerprint density at radius 3 is 2.70 bits per heavy atom. The summed E-state index contributed by atoms with van der Waals surface area (Å²) in [6.07, 6.45) is 0. The van der Waals surface area contributed by atoms with Crippen LogP contribution in [-0.2, 0) is 0 Å². The lowest BCUT2D eigenvalue weighted by atomic mass is 9.96. The molecule has 7 nitrogen and oxygen atoms in total. The lowest BCUT2D eigenvalue weighted by Gasteiger charge is -2.13. The topological polar surface area (TPSA) is 108 Å². The van der Waals surface area contributed by atoms with Crippen LogP contribution in [0.4, 0.5) is 5.69 Å². The van der Waals surface area contributed by atoms with Gasteiger partial charge in [0.15, 0.2) is 0 Å². The van der Waals surface area contributed by atoms with Gasteiger partial charge in [-0.15, -0.1) is 0 Å². The van der Waals surface area contributed by atoms with Crippen LogP contribution in [0, 0.1) is 16.0 Å². The van der Waals surface area contributed by atoms with E-state index in [9.17, 15) is 10.1 Å². The molecule has 1 unspecified atom stereocenters. The molecule has 2 N–H and O–H groups in total. The van der Waals surface area contributed by atoms with E-state index in [2.05, 4.69) is 10.1 Å². The maximum Gasteiger partial charge on any atom is 0.280 e. The SMILES string of the molecule is CC(C)C(CN)c1nc(-c2ccccc2[N+](=O)[O-])no1. The zero-order valence-electron chi connectivity index (χ0n) is 11.3. The number of hydrogen-bond acceptors (Lipinski definition) is 6. The van der Waals surface area contributed by atoms with E-state index in [1.807, 2.05) is 13.8 Å². The van der Waals surface area contributed by atoms with Gasteiger partial charge in [-0.1, -0.05) is 31.1 Å². The van der Waals surface area contributed by atoms with Crippen molar-refractivity contribution in [3.63, 3.8) is 0 Å². The maximum absolute atomic E-state index is 11.0. The molecule has 1 heterocycles. The van der Waals surface area contributed by atoms with Crippen LogP contribution in [0.3, 0.4) is 0 Å². The number of rotatable bonds is 5. The zero-order chi connectivity index (χ0) is 14.7. The first-order chi connectivity index (χ1) is 9.54. The van der Waals surface area contributed by atoms with Crippen molar-refractivity contribution in [1.29, 1.82) is 0 Å². The molecule has 2 rings (SSSR count). The second-order valence-corrected chi connectivity index (χ2v) is 4.82. The van der Waals surface area contributed by atoms with Crippen molar-refractivity contribution in [3.05, 3.63) is 40.3 Å². The number of nitro benzene ring substituents is 1. The number of benzene rings is 1. The molecule has 2 aromatic rings. The summed E-state index contributed by atoms with van der Waals surface area (Å²) in [4.78, 5) is 14.8. The van der Waals surface area contributed by atoms with Gasteiger partial charge < -0.3 is 10.3 Å². The minimum atomic E-state index is -0.464. The Hall–Kier alpha value is -2.28. The van der Waals surface area contributed by atoms with E-state index in [-0.39, 0.29) is 23.3 Å². The summed E-state index contributed by atoms with van der Waals surface area (Å²) in [5.74, 6) is 0.820. The largest absolute Gasteiger partial charge is 0.339 e. The van der Waals surface area contributed by atoms with Gasteiger partial charge in [0.25, 0.3) is 5.69 Å². The average Bonchev–Trinajstić information content (AvgIpc) is 2.88. The average molecular weight is 276 g/mol. The van der Waals surface area contributed by atoms with E-state index in [1.54, 1.807) is 18.2 Å². The summed E-state index contributed by atoms with van der Waals surface area (Å²) in [6.45, 7) is 4.40. The highest BCUT2D eigenvalue weighted by molar-refractivity contribution is 5.67. The molecule has 0 fully saturated rings. The summed E-state index contributed by atoms with van der Waals surface area (Å²) in [5.41, 5.74) is 5.99. The van der Waals surface area contributed by atoms with Crippen molar-refractivity contribution in [3.8, 4) is 11.4 Å². The standard InChI is InChI=1S/C13H16N4O3/c1-8(2)10(7-14)13-15-12(16-20-13)9-5-3-4-6-11(9)17(18)19/h3-6,8,10H,7,14H2,1-2H3. The minimum Gasteiger partial charge on any atom is -0.339 e. The van der Waals surface area contributed by atoms with Gasteiger partial charge in [0.05, 0.1) is 10.8 Å². The Morgan fingerprint density at radius 1 is 1.40 bits per heavy atom. The molecule has 0 saturated heterocycles. The summed E-state index contributed by atoms with van der Waals surface area (Å²) in [7, 11) is 0. The first-order valence-corrected chi connectivity index (χ1v) is 6.32. The van der Waals surface area contributed by atoms with Crippen LogP contribution in [0.2, 0.25) is 0 Å². The van der Waals surface area contributed by atoms with Crippen molar-refractivity contribution >= 4 is 5.69 Å². The van der Waals surface area contributed by atoms with Gasteiger partial charge in [0.1, 0.15) is 5.56 Å². The van der Waals surface area contributed by atoms with Gasteiger partial charge in [-0.05, 0) is 12.0 Å². The third-order valence-corrected chi connectivity index (χ3v) is 3.16. The van der Waals surface area contributed by atoms with E-state index in [1.165, 1.54) is 6.07 Å². The molecule has 0 radical (unpaired) electrons. The predicted molar refractivity (Wildman–Crippen MR) is 73.0 cm³/mol. The van der Waals surface area contributed by atoms with Gasteiger partial charge >= 0.3 is 0 Å². The molecule has 0 amide bonds. The van der Waals surface area contributed by atoms with Crippen LogP contribution in [0.5, 0.6) is 0 Å². The molecule has 0 bridgehead atoms. The lowest BCUT2D eigenvalue weighted by Crippen LogP contribution is -2.18. The second-order valence-electron chi connectivity index (χ2n) is 4.82. The Balaban J connectivity index is 2.41. The third kappa shape index (κ3) is 2.67. The highest BCUT2D eigenvalue weighted by atomic mass is 16.6. The molecule has 0 spiro atoms. The van der Waals surface area contributed by atoms with Crippen molar-refractivity contribution < 1.29 is 9.45 Å². The number of nitro groups is 1. The number of para-hydroxylation sites is 1. The maximum atomic E-state index is 11.0. The Kier molecular flexibility index (Phi) is 4.09. The van der Waals surface area contributed by atoms with Crippen molar-refractivity contribution in [2.45, 2.75) is 19.8 Å². The van der Waals surface area contributed by atoms with E-state index in [0.717, 1.165) is 0 Å². The van der Waals surface area contributed by atoms with Crippen LogP contribution < -0.4 is 5.73 Å². The van der Waals surface area contributed by atoms with Gasteiger partial charge in [0, 0.05) is 12.6 Å². The monoisotopic (exact) mass is 276 g/mol. The fourth-order valence-electron chi connectivity index (χ4n) is 1.98. The number of nitrogens with zero attached hydrogens (tertiary/aromatic N) is 3. The second kappa shape index (κ2) is 5.79. The molecule has 106 valence electrons. The number of nitrogens with two attached hydrogens (primary N) is 1. The fourth-order valence-corrected chi connectivity index (χ4v) is 1.98. The Morgan fingerprint density at radius 2 is 2.10 bits per heavy atom. The van der Waals surface area contributed by atoms with Crippen molar-refractivity contribution in [1.82, 2.24) is 10.1 Å². The molecule has 0 aliphatic carbocycles. The van der Waals surface area contributed by atoms with Gasteiger partial charge in [0.2, 0.25) is 11.7 Å². The molecule has 1 atom stereocenters. The van der Waals surface area contributed by atoms with Crippen LogP contribution in [-0.4, -0.2) is 21.6 Å². The highest BCUT2D eigenvalue weighted by Gasteiger charge is 2.24. The Bertz CT molecular complexity index is 609. The summed E-state index contributed by atoms with van der Waals surface area (Å²) in [5, 5.41) is 14.8. The smallest absolute Gasteiger partial charge is 0.280 e. The number of aromatic nitrogens is 2. The first kappa shape index (κ1) is 14.1. The highest BCUT2D eigenvalue weighted by Crippen LogP contribution is 2.29. The Labute approximate surface area is 115 Å². The molecular weight excluding hydrogens is 260 g/mol. The first-order valence-electron chi connectivity index (χ1n) is 6.32. The van der Waals surface area contributed by atoms with Crippen LogP contribution in [0.25, 0.3) is 11.4 Å². The van der Waals surface area contributed by atoms with Crippen LogP contribution >= 0.6 is 0 Å². The van der Waals surface area contributed by atoms with Gasteiger partial charge in [-0.25, -0.2) is 0 Å². The summed E-state index contributed by atoms with van der Waals surface area (Å²) >= 11 is 0. The molecule has 7 heteroatoms.